The van der Waals surface area contributed by atoms with Gasteiger partial charge in [-0.15, -0.1) is 11.3 Å². The summed E-state index contributed by atoms with van der Waals surface area (Å²) in [5.74, 6) is 0.900. The van der Waals surface area contributed by atoms with Gasteiger partial charge in [0.05, 0.1) is 4.88 Å². The fraction of sp³-hybridized carbons (Fsp3) is 0.227. The Hall–Kier alpha value is -2.59. The van der Waals surface area contributed by atoms with Crippen molar-refractivity contribution in [2.24, 2.45) is 0 Å². The predicted molar refractivity (Wildman–Crippen MR) is 107 cm³/mol. The maximum Gasteiger partial charge on any atom is 0.261 e. The van der Waals surface area contributed by atoms with Crippen LogP contribution in [0.1, 0.15) is 31.9 Å². The van der Waals surface area contributed by atoms with Crippen LogP contribution in [-0.4, -0.2) is 12.5 Å². The van der Waals surface area contributed by atoms with Crippen molar-refractivity contribution in [1.82, 2.24) is 5.32 Å². The van der Waals surface area contributed by atoms with Gasteiger partial charge in [-0.2, -0.15) is 0 Å². The summed E-state index contributed by atoms with van der Waals surface area (Å²) in [6, 6.07) is 18.2. The molecule has 0 aliphatic heterocycles. The van der Waals surface area contributed by atoms with Crippen molar-refractivity contribution in [1.29, 1.82) is 0 Å². The Morgan fingerprint density at radius 3 is 2.46 bits per heavy atom. The summed E-state index contributed by atoms with van der Waals surface area (Å²) in [7, 11) is 0. The predicted octanol–water partition coefficient (Wildman–Crippen LogP) is 4.92. The average molecular weight is 365 g/mol. The number of para-hydroxylation sites is 1. The van der Waals surface area contributed by atoms with Crippen molar-refractivity contribution in [2.45, 2.75) is 26.9 Å². The van der Waals surface area contributed by atoms with Gasteiger partial charge in [0.1, 0.15) is 12.4 Å². The largest absolute Gasteiger partial charge is 0.488 e. The second-order valence-corrected chi connectivity index (χ2v) is 7.23. The minimum absolute atomic E-state index is 0.0238. The quantitative estimate of drug-likeness (QED) is 0.646. The number of benzene rings is 2. The van der Waals surface area contributed by atoms with Gasteiger partial charge in [-0.25, -0.2) is 0 Å². The topological polar surface area (TPSA) is 38.3 Å². The first-order valence-electron chi connectivity index (χ1n) is 8.72. The average Bonchev–Trinajstić information content (AvgIpc) is 3.11. The number of amides is 1. The van der Waals surface area contributed by atoms with Crippen LogP contribution in [0.3, 0.4) is 0 Å². The maximum atomic E-state index is 12.3. The minimum atomic E-state index is -0.0238. The number of ether oxygens (including phenoxy) is 1. The smallest absolute Gasteiger partial charge is 0.261 e. The third kappa shape index (κ3) is 4.73. The van der Waals surface area contributed by atoms with Gasteiger partial charge in [-0.1, -0.05) is 48.5 Å². The first kappa shape index (κ1) is 18.2. The molecule has 4 heteroatoms. The highest BCUT2D eigenvalue weighted by Gasteiger charge is 2.10. The zero-order valence-corrected chi connectivity index (χ0v) is 15.9. The van der Waals surface area contributed by atoms with Crippen molar-refractivity contribution in [3.63, 3.8) is 0 Å². The molecule has 1 amide bonds. The Morgan fingerprint density at radius 2 is 1.73 bits per heavy atom. The maximum absolute atomic E-state index is 12.3. The van der Waals surface area contributed by atoms with Crippen LogP contribution in [0.4, 0.5) is 0 Å². The molecule has 0 bridgehead atoms. The van der Waals surface area contributed by atoms with Crippen LogP contribution in [-0.2, 0) is 13.0 Å². The SMILES string of the molecule is Cc1cccc(C)c1OCc1csc(C(=O)NCCc2ccccc2)c1. The number of hydrogen-bond donors (Lipinski definition) is 1. The normalized spacial score (nSPS) is 10.5. The lowest BCUT2D eigenvalue weighted by Gasteiger charge is -2.10. The molecule has 3 nitrogen and oxygen atoms in total. The third-order valence-electron chi connectivity index (χ3n) is 4.21. The van der Waals surface area contributed by atoms with E-state index in [1.807, 2.05) is 61.7 Å². The van der Waals surface area contributed by atoms with Crippen molar-refractivity contribution >= 4 is 17.2 Å². The third-order valence-corrected chi connectivity index (χ3v) is 5.19. The lowest BCUT2D eigenvalue weighted by molar-refractivity contribution is 0.0958. The number of carbonyl (C=O) groups excluding carboxylic acids is 1. The van der Waals surface area contributed by atoms with Gasteiger partial charge in [0.25, 0.3) is 5.91 Å². The molecule has 26 heavy (non-hydrogen) atoms. The van der Waals surface area contributed by atoms with Crippen LogP contribution >= 0.6 is 11.3 Å². The molecule has 3 aromatic rings. The molecule has 0 aliphatic carbocycles. The fourth-order valence-electron chi connectivity index (χ4n) is 2.80. The second-order valence-electron chi connectivity index (χ2n) is 6.32. The number of rotatable bonds is 7. The molecule has 2 aromatic carbocycles. The molecule has 0 atom stereocenters. The van der Waals surface area contributed by atoms with E-state index in [2.05, 4.69) is 17.4 Å². The molecule has 0 aliphatic rings. The molecular formula is C22H23NO2S. The standard InChI is InChI=1S/C22H23NO2S/c1-16-7-6-8-17(2)21(16)25-14-19-13-20(26-15-19)22(24)23-12-11-18-9-4-3-5-10-18/h3-10,13,15H,11-12,14H2,1-2H3,(H,23,24). The Labute approximate surface area is 158 Å². The molecule has 0 saturated carbocycles. The Bertz CT molecular complexity index is 851. The van der Waals surface area contributed by atoms with Gasteiger partial charge in [0, 0.05) is 12.1 Å². The lowest BCUT2D eigenvalue weighted by atomic mass is 10.1. The number of aryl methyl sites for hydroxylation is 2. The van der Waals surface area contributed by atoms with Gasteiger partial charge in [-0.05, 0) is 48.4 Å². The van der Waals surface area contributed by atoms with Gasteiger partial charge in [0.2, 0.25) is 0 Å². The van der Waals surface area contributed by atoms with E-state index < -0.39 is 0 Å². The number of hydrogen-bond acceptors (Lipinski definition) is 3. The van der Waals surface area contributed by atoms with E-state index in [9.17, 15) is 4.79 Å². The minimum Gasteiger partial charge on any atom is -0.488 e. The van der Waals surface area contributed by atoms with Crippen LogP contribution in [0.25, 0.3) is 0 Å². The van der Waals surface area contributed by atoms with E-state index in [-0.39, 0.29) is 5.91 Å². The summed E-state index contributed by atoms with van der Waals surface area (Å²) in [6.07, 6.45) is 0.834. The van der Waals surface area contributed by atoms with Crippen LogP contribution in [0.15, 0.2) is 60.0 Å². The van der Waals surface area contributed by atoms with E-state index in [0.29, 0.717) is 13.2 Å². The highest BCUT2D eigenvalue weighted by Crippen LogP contribution is 2.24. The van der Waals surface area contributed by atoms with Crippen LogP contribution in [0, 0.1) is 13.8 Å². The summed E-state index contributed by atoms with van der Waals surface area (Å²) in [5.41, 5.74) is 4.49. The van der Waals surface area contributed by atoms with Gasteiger partial charge in [-0.3, -0.25) is 4.79 Å². The van der Waals surface area contributed by atoms with Crippen molar-refractivity contribution in [3.05, 3.63) is 87.1 Å². The van der Waals surface area contributed by atoms with Gasteiger partial charge < -0.3 is 10.1 Å². The molecule has 0 fully saturated rings. The van der Waals surface area contributed by atoms with E-state index in [4.69, 9.17) is 4.74 Å². The summed E-state index contributed by atoms with van der Waals surface area (Å²) in [6.45, 7) is 5.19. The van der Waals surface area contributed by atoms with E-state index in [1.54, 1.807) is 0 Å². The summed E-state index contributed by atoms with van der Waals surface area (Å²) < 4.78 is 5.96. The molecule has 0 spiro atoms. The van der Waals surface area contributed by atoms with Crippen molar-refractivity contribution in [3.8, 4) is 5.75 Å². The Kier molecular flexibility index (Phi) is 6.08. The Morgan fingerprint density at radius 1 is 1.00 bits per heavy atom. The monoisotopic (exact) mass is 365 g/mol. The number of carbonyl (C=O) groups is 1. The molecule has 134 valence electrons. The lowest BCUT2D eigenvalue weighted by Crippen LogP contribution is -2.24. The first-order chi connectivity index (χ1) is 12.6. The Balaban J connectivity index is 1.51. The fourth-order valence-corrected chi connectivity index (χ4v) is 3.62. The molecular weight excluding hydrogens is 342 g/mol. The highest BCUT2D eigenvalue weighted by molar-refractivity contribution is 7.12. The van der Waals surface area contributed by atoms with E-state index in [1.165, 1.54) is 16.9 Å². The highest BCUT2D eigenvalue weighted by atomic mass is 32.1. The molecule has 0 saturated heterocycles. The summed E-state index contributed by atoms with van der Waals surface area (Å²) >= 11 is 1.46. The van der Waals surface area contributed by atoms with Crippen molar-refractivity contribution in [2.75, 3.05) is 6.54 Å². The molecule has 1 heterocycles. The van der Waals surface area contributed by atoms with Crippen LogP contribution in [0.2, 0.25) is 0 Å². The molecule has 0 radical (unpaired) electrons. The van der Waals surface area contributed by atoms with Gasteiger partial charge >= 0.3 is 0 Å². The summed E-state index contributed by atoms with van der Waals surface area (Å²) in [5, 5.41) is 4.97. The van der Waals surface area contributed by atoms with E-state index in [0.717, 1.165) is 33.7 Å². The molecule has 1 N–H and O–H groups in total. The van der Waals surface area contributed by atoms with Gasteiger partial charge in [0.15, 0.2) is 0 Å². The van der Waals surface area contributed by atoms with Crippen LogP contribution < -0.4 is 10.1 Å². The number of nitrogens with one attached hydrogen (secondary N) is 1. The molecule has 1 aromatic heterocycles. The molecule has 3 rings (SSSR count). The zero-order valence-electron chi connectivity index (χ0n) is 15.1. The van der Waals surface area contributed by atoms with Crippen molar-refractivity contribution < 1.29 is 9.53 Å². The van der Waals surface area contributed by atoms with Crippen LogP contribution in [0.5, 0.6) is 5.75 Å². The summed E-state index contributed by atoms with van der Waals surface area (Å²) in [4.78, 5) is 13.0. The number of thiophene rings is 1. The zero-order chi connectivity index (χ0) is 18.4. The van der Waals surface area contributed by atoms with E-state index >= 15 is 0 Å². The molecule has 0 unspecified atom stereocenters. The second kappa shape index (κ2) is 8.68. The first-order valence-corrected chi connectivity index (χ1v) is 9.60.